The molecule has 5 nitrogen and oxygen atoms in total. The Kier molecular flexibility index (Phi) is 6.00. The molecule has 1 heterocycles. The van der Waals surface area contributed by atoms with E-state index in [2.05, 4.69) is 0 Å². The third kappa shape index (κ3) is 4.38. The number of hydrogen-bond donors (Lipinski definition) is 2. The van der Waals surface area contributed by atoms with Crippen LogP contribution in [0.2, 0.25) is 0 Å². The van der Waals surface area contributed by atoms with Gasteiger partial charge in [0.2, 0.25) is 0 Å². The minimum Gasteiger partial charge on any atom is -0.480 e. The van der Waals surface area contributed by atoms with E-state index >= 15 is 0 Å². The number of rotatable bonds is 6. The van der Waals surface area contributed by atoms with Crippen molar-refractivity contribution in [3.05, 3.63) is 0 Å². The SMILES string of the molecule is O=C(O)C1CSCCN1CCOCCO. The zero-order chi connectivity index (χ0) is 11.1. The Labute approximate surface area is 93.4 Å². The van der Waals surface area contributed by atoms with Crippen molar-refractivity contribution < 1.29 is 19.7 Å². The molecule has 1 rings (SSSR count). The van der Waals surface area contributed by atoms with Crippen LogP contribution in [0, 0.1) is 0 Å². The first-order valence-corrected chi connectivity index (χ1v) is 6.14. The summed E-state index contributed by atoms with van der Waals surface area (Å²) in [5.41, 5.74) is 0. The van der Waals surface area contributed by atoms with E-state index in [0.29, 0.717) is 25.5 Å². The number of aliphatic hydroxyl groups is 1. The van der Waals surface area contributed by atoms with Gasteiger partial charge in [-0.2, -0.15) is 11.8 Å². The molecule has 1 aliphatic rings. The molecule has 0 radical (unpaired) electrons. The quantitative estimate of drug-likeness (QED) is 0.605. The molecule has 1 aliphatic heterocycles. The second kappa shape index (κ2) is 7.05. The first-order chi connectivity index (χ1) is 7.25. The highest BCUT2D eigenvalue weighted by atomic mass is 32.2. The van der Waals surface area contributed by atoms with E-state index in [9.17, 15) is 4.79 Å². The van der Waals surface area contributed by atoms with E-state index in [0.717, 1.165) is 12.3 Å². The van der Waals surface area contributed by atoms with Crippen LogP contribution in [0.3, 0.4) is 0 Å². The molecule has 1 fully saturated rings. The largest absolute Gasteiger partial charge is 0.480 e. The van der Waals surface area contributed by atoms with Crippen molar-refractivity contribution in [2.45, 2.75) is 6.04 Å². The molecular formula is C9H17NO4S. The average Bonchev–Trinajstić information content (AvgIpc) is 2.25. The van der Waals surface area contributed by atoms with Crippen molar-refractivity contribution in [3.63, 3.8) is 0 Å². The van der Waals surface area contributed by atoms with E-state index in [-0.39, 0.29) is 12.6 Å². The van der Waals surface area contributed by atoms with Crippen LogP contribution < -0.4 is 0 Å². The van der Waals surface area contributed by atoms with Gasteiger partial charge in [0, 0.05) is 24.6 Å². The standard InChI is InChI=1S/C9H17NO4S/c11-3-5-14-4-1-10-2-6-15-7-8(10)9(12)13/h8,11H,1-7H2,(H,12,13). The predicted molar refractivity (Wildman–Crippen MR) is 58.2 cm³/mol. The lowest BCUT2D eigenvalue weighted by Gasteiger charge is -2.32. The number of ether oxygens (including phenoxy) is 1. The minimum atomic E-state index is -0.760. The fourth-order valence-corrected chi connectivity index (χ4v) is 2.59. The minimum absolute atomic E-state index is 0.0121. The van der Waals surface area contributed by atoms with Gasteiger partial charge in [-0.1, -0.05) is 0 Å². The molecule has 0 aliphatic carbocycles. The summed E-state index contributed by atoms with van der Waals surface area (Å²) in [5, 5.41) is 17.5. The second-order valence-electron chi connectivity index (χ2n) is 3.30. The summed E-state index contributed by atoms with van der Waals surface area (Å²) in [5.74, 6) is 0.864. The molecule has 0 bridgehead atoms. The van der Waals surface area contributed by atoms with E-state index in [1.807, 2.05) is 4.90 Å². The molecule has 0 aromatic carbocycles. The monoisotopic (exact) mass is 235 g/mol. The Hall–Kier alpha value is -0.300. The van der Waals surface area contributed by atoms with Crippen LogP contribution in [-0.4, -0.2) is 71.5 Å². The maximum Gasteiger partial charge on any atom is 0.321 e. The lowest BCUT2D eigenvalue weighted by Crippen LogP contribution is -2.48. The van der Waals surface area contributed by atoms with Crippen molar-refractivity contribution in [1.82, 2.24) is 4.90 Å². The van der Waals surface area contributed by atoms with E-state index in [1.165, 1.54) is 0 Å². The highest BCUT2D eigenvalue weighted by molar-refractivity contribution is 7.99. The van der Waals surface area contributed by atoms with Crippen LogP contribution in [0.4, 0.5) is 0 Å². The van der Waals surface area contributed by atoms with Gasteiger partial charge in [-0.3, -0.25) is 9.69 Å². The number of carboxylic acids is 1. The summed E-state index contributed by atoms with van der Waals surface area (Å²) in [4.78, 5) is 12.8. The van der Waals surface area contributed by atoms with Crippen molar-refractivity contribution in [2.75, 3.05) is 44.4 Å². The Morgan fingerprint density at radius 1 is 1.53 bits per heavy atom. The summed E-state index contributed by atoms with van der Waals surface area (Å²) in [6, 6.07) is -0.388. The summed E-state index contributed by atoms with van der Waals surface area (Å²) in [7, 11) is 0. The molecule has 0 aromatic heterocycles. The second-order valence-corrected chi connectivity index (χ2v) is 4.45. The number of carbonyl (C=O) groups is 1. The summed E-state index contributed by atoms with van der Waals surface area (Å²) in [6.45, 7) is 2.23. The van der Waals surface area contributed by atoms with Crippen molar-refractivity contribution in [3.8, 4) is 0 Å². The van der Waals surface area contributed by atoms with E-state index < -0.39 is 5.97 Å². The molecular weight excluding hydrogens is 218 g/mol. The molecule has 0 saturated carbocycles. The topological polar surface area (TPSA) is 70.0 Å². The van der Waals surface area contributed by atoms with Crippen molar-refractivity contribution in [1.29, 1.82) is 0 Å². The maximum atomic E-state index is 10.9. The summed E-state index contributed by atoms with van der Waals surface area (Å²) < 4.78 is 5.12. The van der Waals surface area contributed by atoms with E-state index in [1.54, 1.807) is 11.8 Å². The van der Waals surface area contributed by atoms with Crippen molar-refractivity contribution >= 4 is 17.7 Å². The van der Waals surface area contributed by atoms with Gasteiger partial charge in [-0.05, 0) is 0 Å². The molecule has 0 spiro atoms. The van der Waals surface area contributed by atoms with Gasteiger partial charge >= 0.3 is 5.97 Å². The van der Waals surface area contributed by atoms with E-state index in [4.69, 9.17) is 14.9 Å². The number of aliphatic hydroxyl groups excluding tert-OH is 1. The predicted octanol–water partition coefficient (Wildman–Crippen LogP) is -0.503. The Morgan fingerprint density at radius 3 is 3.00 bits per heavy atom. The smallest absolute Gasteiger partial charge is 0.321 e. The molecule has 2 N–H and O–H groups in total. The Bertz CT molecular complexity index is 203. The van der Waals surface area contributed by atoms with Crippen LogP contribution in [0.5, 0.6) is 0 Å². The third-order valence-corrected chi connectivity index (χ3v) is 3.31. The molecule has 0 amide bonds. The highest BCUT2D eigenvalue weighted by Gasteiger charge is 2.28. The van der Waals surface area contributed by atoms with Crippen LogP contribution in [0.25, 0.3) is 0 Å². The van der Waals surface area contributed by atoms with Gasteiger partial charge < -0.3 is 14.9 Å². The summed E-state index contributed by atoms with van der Waals surface area (Å²) in [6.07, 6.45) is 0. The Balaban J connectivity index is 2.26. The molecule has 1 saturated heterocycles. The van der Waals surface area contributed by atoms with Gasteiger partial charge in [0.1, 0.15) is 6.04 Å². The maximum absolute atomic E-state index is 10.9. The lowest BCUT2D eigenvalue weighted by molar-refractivity contribution is -0.142. The van der Waals surface area contributed by atoms with Gasteiger partial charge in [-0.15, -0.1) is 0 Å². The van der Waals surface area contributed by atoms with Gasteiger partial charge in [0.15, 0.2) is 0 Å². The van der Waals surface area contributed by atoms with Crippen LogP contribution in [-0.2, 0) is 9.53 Å². The number of thioether (sulfide) groups is 1. The molecule has 15 heavy (non-hydrogen) atoms. The fourth-order valence-electron chi connectivity index (χ4n) is 1.48. The zero-order valence-electron chi connectivity index (χ0n) is 8.59. The first kappa shape index (κ1) is 12.8. The third-order valence-electron chi connectivity index (χ3n) is 2.28. The van der Waals surface area contributed by atoms with Crippen LogP contribution >= 0.6 is 11.8 Å². The number of nitrogens with zero attached hydrogens (tertiary/aromatic N) is 1. The van der Waals surface area contributed by atoms with Gasteiger partial charge in [-0.25, -0.2) is 0 Å². The number of carboxylic acid groups (broad SMARTS) is 1. The highest BCUT2D eigenvalue weighted by Crippen LogP contribution is 2.16. The molecule has 1 atom stereocenters. The fraction of sp³-hybridized carbons (Fsp3) is 0.889. The van der Waals surface area contributed by atoms with Crippen molar-refractivity contribution in [2.24, 2.45) is 0 Å². The molecule has 1 unspecified atom stereocenters. The van der Waals surface area contributed by atoms with Gasteiger partial charge in [0.25, 0.3) is 0 Å². The van der Waals surface area contributed by atoms with Gasteiger partial charge in [0.05, 0.1) is 19.8 Å². The summed E-state index contributed by atoms with van der Waals surface area (Å²) >= 11 is 1.68. The number of aliphatic carboxylic acids is 1. The van der Waals surface area contributed by atoms with Crippen LogP contribution in [0.15, 0.2) is 0 Å². The molecule has 88 valence electrons. The number of hydrogen-bond acceptors (Lipinski definition) is 5. The molecule has 0 aromatic rings. The Morgan fingerprint density at radius 2 is 2.33 bits per heavy atom. The zero-order valence-corrected chi connectivity index (χ0v) is 9.41. The first-order valence-electron chi connectivity index (χ1n) is 4.99. The molecule has 6 heteroatoms. The average molecular weight is 235 g/mol. The van der Waals surface area contributed by atoms with Crippen LogP contribution in [0.1, 0.15) is 0 Å². The normalized spacial score (nSPS) is 22.9. The lowest BCUT2D eigenvalue weighted by atomic mass is 10.3.